The molecule has 0 radical (unpaired) electrons. The molecule has 2 aromatic rings. The van der Waals surface area contributed by atoms with E-state index >= 15 is 0 Å². The van der Waals surface area contributed by atoms with Crippen LogP contribution < -0.4 is 5.32 Å². The number of aromatic amines is 1. The number of nitrogens with zero attached hydrogens (tertiary/aromatic N) is 1. The van der Waals surface area contributed by atoms with E-state index < -0.39 is 0 Å². The molecule has 0 aromatic carbocycles. The third kappa shape index (κ3) is 2.21. The molecule has 0 spiro atoms. The molecule has 2 aromatic heterocycles. The maximum absolute atomic E-state index is 4.14. The fourth-order valence-corrected chi connectivity index (χ4v) is 2.14. The summed E-state index contributed by atoms with van der Waals surface area (Å²) in [6.07, 6.45) is 3.61. The first-order valence-corrected chi connectivity index (χ1v) is 5.51. The minimum absolute atomic E-state index is 0.794. The standard InChI is InChI=1S/C10H13N3S/c1-8-6-14-7-9(8)4-11-5-10-12-2-3-13-10/h2-3,6-7,11H,4-5H2,1H3,(H,12,13). The van der Waals surface area contributed by atoms with Crippen molar-refractivity contribution >= 4 is 11.3 Å². The van der Waals surface area contributed by atoms with Crippen LogP contribution in [0.25, 0.3) is 0 Å². The molecule has 0 saturated carbocycles. The van der Waals surface area contributed by atoms with E-state index in [-0.39, 0.29) is 0 Å². The monoisotopic (exact) mass is 207 g/mol. The van der Waals surface area contributed by atoms with Crippen LogP contribution in [0.3, 0.4) is 0 Å². The summed E-state index contributed by atoms with van der Waals surface area (Å²) >= 11 is 1.75. The van der Waals surface area contributed by atoms with Gasteiger partial charge in [0.05, 0.1) is 6.54 Å². The Balaban J connectivity index is 1.81. The minimum atomic E-state index is 0.794. The van der Waals surface area contributed by atoms with Crippen LogP contribution in [0.1, 0.15) is 17.0 Å². The fourth-order valence-electron chi connectivity index (χ4n) is 1.28. The lowest BCUT2D eigenvalue weighted by molar-refractivity contribution is 0.668. The largest absolute Gasteiger partial charge is 0.348 e. The Morgan fingerprint density at radius 3 is 3.00 bits per heavy atom. The van der Waals surface area contributed by atoms with Crippen molar-refractivity contribution in [3.63, 3.8) is 0 Å². The Kier molecular flexibility index (Phi) is 2.96. The zero-order valence-electron chi connectivity index (χ0n) is 8.08. The molecule has 0 unspecified atom stereocenters. The van der Waals surface area contributed by atoms with Crippen molar-refractivity contribution in [2.75, 3.05) is 0 Å². The highest BCUT2D eigenvalue weighted by atomic mass is 32.1. The predicted octanol–water partition coefficient (Wildman–Crippen LogP) is 2.07. The molecule has 0 amide bonds. The van der Waals surface area contributed by atoms with E-state index in [0.29, 0.717) is 0 Å². The predicted molar refractivity (Wildman–Crippen MR) is 58.2 cm³/mol. The summed E-state index contributed by atoms with van der Waals surface area (Å²) in [5, 5.41) is 7.70. The zero-order chi connectivity index (χ0) is 9.80. The molecule has 0 aliphatic carbocycles. The van der Waals surface area contributed by atoms with Gasteiger partial charge >= 0.3 is 0 Å². The number of aromatic nitrogens is 2. The van der Waals surface area contributed by atoms with Crippen LogP contribution in [0, 0.1) is 6.92 Å². The van der Waals surface area contributed by atoms with Gasteiger partial charge in [0.15, 0.2) is 0 Å². The summed E-state index contributed by atoms with van der Waals surface area (Å²) < 4.78 is 0. The summed E-state index contributed by atoms with van der Waals surface area (Å²) in [6, 6.07) is 0. The van der Waals surface area contributed by atoms with Crippen LogP contribution in [0.2, 0.25) is 0 Å². The highest BCUT2D eigenvalue weighted by molar-refractivity contribution is 7.08. The van der Waals surface area contributed by atoms with Crippen molar-refractivity contribution in [3.8, 4) is 0 Å². The third-order valence-electron chi connectivity index (χ3n) is 2.12. The first kappa shape index (κ1) is 9.43. The summed E-state index contributed by atoms with van der Waals surface area (Å²) in [7, 11) is 0. The summed E-state index contributed by atoms with van der Waals surface area (Å²) in [6.45, 7) is 3.85. The number of thiophene rings is 1. The highest BCUT2D eigenvalue weighted by Crippen LogP contribution is 2.12. The molecule has 0 aliphatic rings. The molecule has 0 aliphatic heterocycles. The van der Waals surface area contributed by atoms with E-state index in [9.17, 15) is 0 Å². The van der Waals surface area contributed by atoms with Crippen molar-refractivity contribution in [1.82, 2.24) is 15.3 Å². The number of rotatable bonds is 4. The Bertz CT molecular complexity index is 378. The summed E-state index contributed by atoms with van der Waals surface area (Å²) in [5.74, 6) is 0.984. The second-order valence-corrected chi connectivity index (χ2v) is 3.96. The number of hydrogen-bond acceptors (Lipinski definition) is 3. The van der Waals surface area contributed by atoms with Gasteiger partial charge in [0, 0.05) is 18.9 Å². The van der Waals surface area contributed by atoms with Gasteiger partial charge in [-0.3, -0.25) is 0 Å². The van der Waals surface area contributed by atoms with Crippen LogP contribution >= 0.6 is 11.3 Å². The van der Waals surface area contributed by atoms with Crippen LogP contribution in [0.15, 0.2) is 23.2 Å². The molecule has 0 atom stereocenters. The van der Waals surface area contributed by atoms with Gasteiger partial charge in [-0.05, 0) is 28.8 Å². The van der Waals surface area contributed by atoms with Crippen LogP contribution in [-0.4, -0.2) is 9.97 Å². The van der Waals surface area contributed by atoms with Gasteiger partial charge in [-0.25, -0.2) is 4.98 Å². The van der Waals surface area contributed by atoms with E-state index in [1.165, 1.54) is 11.1 Å². The van der Waals surface area contributed by atoms with Gasteiger partial charge in [0.25, 0.3) is 0 Å². The van der Waals surface area contributed by atoms with Crippen LogP contribution in [0.5, 0.6) is 0 Å². The molecule has 2 rings (SSSR count). The van der Waals surface area contributed by atoms with Crippen molar-refractivity contribution in [2.24, 2.45) is 0 Å². The van der Waals surface area contributed by atoms with Gasteiger partial charge in [0.2, 0.25) is 0 Å². The number of H-pyrrole nitrogens is 1. The van der Waals surface area contributed by atoms with E-state index in [1.54, 1.807) is 17.5 Å². The molecule has 2 heterocycles. The first-order chi connectivity index (χ1) is 6.86. The lowest BCUT2D eigenvalue weighted by Crippen LogP contribution is -2.13. The molecule has 4 heteroatoms. The maximum atomic E-state index is 4.14. The SMILES string of the molecule is Cc1cscc1CNCc1ncc[nH]1. The van der Waals surface area contributed by atoms with Crippen molar-refractivity contribution in [1.29, 1.82) is 0 Å². The maximum Gasteiger partial charge on any atom is 0.120 e. The first-order valence-electron chi connectivity index (χ1n) is 4.57. The number of hydrogen-bond donors (Lipinski definition) is 2. The van der Waals surface area contributed by atoms with Crippen molar-refractivity contribution in [3.05, 3.63) is 40.1 Å². The quantitative estimate of drug-likeness (QED) is 0.805. The van der Waals surface area contributed by atoms with Gasteiger partial charge < -0.3 is 10.3 Å². The fraction of sp³-hybridized carbons (Fsp3) is 0.300. The van der Waals surface area contributed by atoms with E-state index in [1.807, 2.05) is 6.20 Å². The molecule has 14 heavy (non-hydrogen) atoms. The summed E-state index contributed by atoms with van der Waals surface area (Å²) in [4.78, 5) is 7.20. The average molecular weight is 207 g/mol. The minimum Gasteiger partial charge on any atom is -0.348 e. The Hall–Kier alpha value is -1.13. The van der Waals surface area contributed by atoms with Gasteiger partial charge in [-0.15, -0.1) is 0 Å². The molecule has 2 N–H and O–H groups in total. The lowest BCUT2D eigenvalue weighted by Gasteiger charge is -2.01. The number of aryl methyl sites for hydroxylation is 1. The average Bonchev–Trinajstić information content (AvgIpc) is 2.78. The van der Waals surface area contributed by atoms with Crippen LogP contribution in [-0.2, 0) is 13.1 Å². The highest BCUT2D eigenvalue weighted by Gasteiger charge is 1.99. The Morgan fingerprint density at radius 1 is 1.43 bits per heavy atom. The van der Waals surface area contributed by atoms with Gasteiger partial charge in [-0.1, -0.05) is 0 Å². The molecule has 0 fully saturated rings. The van der Waals surface area contributed by atoms with Gasteiger partial charge in [0.1, 0.15) is 5.82 Å². The van der Waals surface area contributed by atoms with Crippen molar-refractivity contribution in [2.45, 2.75) is 20.0 Å². The summed E-state index contributed by atoms with van der Waals surface area (Å²) in [5.41, 5.74) is 2.74. The molecule has 0 saturated heterocycles. The molecule has 0 bridgehead atoms. The topological polar surface area (TPSA) is 40.7 Å². The van der Waals surface area contributed by atoms with E-state index in [4.69, 9.17) is 0 Å². The number of imidazole rings is 1. The second-order valence-electron chi connectivity index (χ2n) is 3.22. The van der Waals surface area contributed by atoms with Crippen LogP contribution in [0.4, 0.5) is 0 Å². The van der Waals surface area contributed by atoms with Crippen molar-refractivity contribution < 1.29 is 0 Å². The number of nitrogens with one attached hydrogen (secondary N) is 2. The normalized spacial score (nSPS) is 10.6. The molecular formula is C10H13N3S. The zero-order valence-corrected chi connectivity index (χ0v) is 8.90. The Labute approximate surface area is 87.2 Å². The molecular weight excluding hydrogens is 194 g/mol. The second kappa shape index (κ2) is 4.39. The van der Waals surface area contributed by atoms with Gasteiger partial charge in [-0.2, -0.15) is 11.3 Å². The molecule has 3 nitrogen and oxygen atoms in total. The Morgan fingerprint density at radius 2 is 2.36 bits per heavy atom. The third-order valence-corrected chi connectivity index (χ3v) is 3.03. The molecule has 74 valence electrons. The van der Waals surface area contributed by atoms with E-state index in [2.05, 4.69) is 33.0 Å². The smallest absolute Gasteiger partial charge is 0.120 e. The van der Waals surface area contributed by atoms with E-state index in [0.717, 1.165) is 18.9 Å². The lowest BCUT2D eigenvalue weighted by atomic mass is 10.2.